The molecule has 0 atom stereocenters. The van der Waals surface area contributed by atoms with E-state index in [4.69, 9.17) is 5.26 Å². The summed E-state index contributed by atoms with van der Waals surface area (Å²) in [6.45, 7) is 0.770. The SMILES string of the molecule is N#C[S-].c1ccc(-c2cc(-c3ccccc3)[n+](Cc3ccncc3)c(-c3ccccc3)c2)cc1. The highest BCUT2D eigenvalue weighted by atomic mass is 32.1. The van der Waals surface area contributed by atoms with Crippen LogP contribution >= 0.6 is 0 Å². The molecule has 0 aliphatic rings. The minimum absolute atomic E-state index is 0.770. The van der Waals surface area contributed by atoms with Crippen LogP contribution in [0.2, 0.25) is 0 Å². The van der Waals surface area contributed by atoms with Crippen molar-refractivity contribution in [1.29, 1.82) is 5.26 Å². The van der Waals surface area contributed by atoms with Crippen LogP contribution in [0.25, 0.3) is 33.6 Å². The summed E-state index contributed by atoms with van der Waals surface area (Å²) in [6.07, 6.45) is 3.72. The summed E-state index contributed by atoms with van der Waals surface area (Å²) >= 11 is 3.70. The summed E-state index contributed by atoms with van der Waals surface area (Å²) in [5.74, 6) is 0. The Morgan fingerprint density at radius 2 is 1.03 bits per heavy atom. The number of nitriles is 1. The second kappa shape index (κ2) is 11.5. The first-order chi connectivity index (χ1) is 16.8. The zero-order valence-electron chi connectivity index (χ0n) is 18.6. The minimum Gasteiger partial charge on any atom is -0.696 e. The van der Waals surface area contributed by atoms with E-state index < -0.39 is 0 Å². The Bertz CT molecular complexity index is 1300. The number of benzene rings is 3. The summed E-state index contributed by atoms with van der Waals surface area (Å²) in [5, 5.41) is 8.47. The molecule has 0 aliphatic heterocycles. The molecule has 0 amide bonds. The summed E-state index contributed by atoms with van der Waals surface area (Å²) in [6, 6.07) is 40.6. The summed E-state index contributed by atoms with van der Waals surface area (Å²) in [5.41, 5.74) is 8.44. The van der Waals surface area contributed by atoms with E-state index in [9.17, 15) is 0 Å². The first-order valence-electron chi connectivity index (χ1n) is 10.9. The largest absolute Gasteiger partial charge is 0.696 e. The summed E-state index contributed by atoms with van der Waals surface area (Å²) in [4.78, 5) is 4.19. The number of thiocyanates is 1. The zero-order chi connectivity index (χ0) is 23.6. The van der Waals surface area contributed by atoms with Crippen molar-refractivity contribution in [3.8, 4) is 39.0 Å². The van der Waals surface area contributed by atoms with Crippen LogP contribution in [0.3, 0.4) is 0 Å². The number of nitrogens with zero attached hydrogens (tertiary/aromatic N) is 3. The van der Waals surface area contributed by atoms with Crippen LogP contribution in [0.15, 0.2) is 128 Å². The first-order valence-corrected chi connectivity index (χ1v) is 11.4. The van der Waals surface area contributed by atoms with E-state index in [0.717, 1.165) is 6.54 Å². The molecule has 4 heteroatoms. The fourth-order valence-corrected chi connectivity index (χ4v) is 3.96. The molecule has 2 heterocycles. The number of aromatic nitrogens is 2. The lowest BCUT2D eigenvalue weighted by Crippen LogP contribution is -2.39. The van der Waals surface area contributed by atoms with Crippen LogP contribution < -0.4 is 4.57 Å². The predicted octanol–water partition coefficient (Wildman–Crippen LogP) is 6.43. The van der Waals surface area contributed by atoms with Gasteiger partial charge in [-0.2, -0.15) is 4.57 Å². The number of rotatable bonds is 5. The monoisotopic (exact) mass is 457 g/mol. The van der Waals surface area contributed by atoms with E-state index in [2.05, 4.69) is 137 Å². The van der Waals surface area contributed by atoms with Crippen LogP contribution in [0.5, 0.6) is 0 Å². The predicted molar refractivity (Wildman–Crippen MR) is 139 cm³/mol. The molecule has 0 unspecified atom stereocenters. The lowest BCUT2D eigenvalue weighted by atomic mass is 9.98. The molecule has 5 aromatic rings. The van der Waals surface area contributed by atoms with Gasteiger partial charge in [-0.15, -0.1) is 0 Å². The molecule has 3 aromatic carbocycles. The van der Waals surface area contributed by atoms with Gasteiger partial charge in [0, 0.05) is 41.2 Å². The van der Waals surface area contributed by atoms with Crippen molar-refractivity contribution < 1.29 is 4.57 Å². The molecular formula is C30H23N3S. The number of hydrogen-bond acceptors (Lipinski definition) is 3. The molecule has 2 aromatic heterocycles. The van der Waals surface area contributed by atoms with Gasteiger partial charge in [-0.25, -0.2) is 5.26 Å². The summed E-state index contributed by atoms with van der Waals surface area (Å²) < 4.78 is 2.41. The Morgan fingerprint density at radius 3 is 1.47 bits per heavy atom. The maximum absolute atomic E-state index is 7.13. The Labute approximate surface area is 206 Å². The topological polar surface area (TPSA) is 40.6 Å². The van der Waals surface area contributed by atoms with Crippen molar-refractivity contribution in [1.82, 2.24) is 4.98 Å². The molecule has 0 saturated carbocycles. The number of pyridine rings is 2. The van der Waals surface area contributed by atoms with Crippen LogP contribution in [0, 0.1) is 10.7 Å². The van der Waals surface area contributed by atoms with Crippen LogP contribution in [-0.4, -0.2) is 4.98 Å². The Kier molecular flexibility index (Phi) is 7.74. The molecule has 34 heavy (non-hydrogen) atoms. The van der Waals surface area contributed by atoms with Crippen molar-refractivity contribution in [3.63, 3.8) is 0 Å². The third-order valence-electron chi connectivity index (χ3n) is 5.50. The van der Waals surface area contributed by atoms with Gasteiger partial charge in [-0.1, -0.05) is 72.1 Å². The lowest BCUT2D eigenvalue weighted by molar-refractivity contribution is -0.666. The molecule has 0 aliphatic carbocycles. The van der Waals surface area contributed by atoms with E-state index in [0.29, 0.717) is 0 Å². The van der Waals surface area contributed by atoms with Gasteiger partial charge in [0.2, 0.25) is 11.4 Å². The maximum Gasteiger partial charge on any atom is 0.213 e. The fourth-order valence-electron chi connectivity index (χ4n) is 3.96. The maximum atomic E-state index is 7.13. The first kappa shape index (κ1) is 22.8. The van der Waals surface area contributed by atoms with Crippen molar-refractivity contribution in [2.24, 2.45) is 0 Å². The van der Waals surface area contributed by atoms with Gasteiger partial charge in [0.05, 0.1) is 0 Å². The fraction of sp³-hybridized carbons (Fsp3) is 0.0333. The average molecular weight is 458 g/mol. The van der Waals surface area contributed by atoms with E-state index in [1.165, 1.54) is 44.6 Å². The molecule has 0 radical (unpaired) electrons. The smallest absolute Gasteiger partial charge is 0.213 e. The van der Waals surface area contributed by atoms with Crippen molar-refractivity contribution in [3.05, 3.63) is 133 Å². The quantitative estimate of drug-likeness (QED) is 0.173. The highest BCUT2D eigenvalue weighted by molar-refractivity contribution is 7.64. The van der Waals surface area contributed by atoms with Gasteiger partial charge in [0.1, 0.15) is 0 Å². The molecule has 0 bridgehead atoms. The molecule has 5 rings (SSSR count). The molecule has 3 nitrogen and oxygen atoms in total. The van der Waals surface area contributed by atoms with E-state index in [1.54, 1.807) is 0 Å². The second-order valence-electron chi connectivity index (χ2n) is 7.65. The highest BCUT2D eigenvalue weighted by Crippen LogP contribution is 2.29. The standard InChI is InChI=1S/C29H23N2.CHNS/c1-4-10-24(11-5-1)27-20-28(25-12-6-2-7-13-25)31(22-23-16-18-30-19-17-23)29(21-27)26-14-8-3-9-15-26;2-1-3/h1-21H,22H2;3H/q+1;/p-1. The minimum atomic E-state index is 0.770. The lowest BCUT2D eigenvalue weighted by Gasteiger charge is -2.13. The normalized spacial score (nSPS) is 9.97. The van der Waals surface area contributed by atoms with Gasteiger partial charge >= 0.3 is 0 Å². The second-order valence-corrected chi connectivity index (χ2v) is 7.83. The molecule has 0 fully saturated rings. The van der Waals surface area contributed by atoms with E-state index in [1.807, 2.05) is 12.4 Å². The average Bonchev–Trinajstić information content (AvgIpc) is 2.91. The van der Waals surface area contributed by atoms with E-state index >= 15 is 0 Å². The molecule has 0 N–H and O–H groups in total. The van der Waals surface area contributed by atoms with Crippen LogP contribution in [0.4, 0.5) is 0 Å². The van der Waals surface area contributed by atoms with Crippen molar-refractivity contribution in [2.45, 2.75) is 6.54 Å². The molecule has 164 valence electrons. The van der Waals surface area contributed by atoms with Gasteiger partial charge in [0.25, 0.3) is 0 Å². The van der Waals surface area contributed by atoms with Gasteiger partial charge in [0.15, 0.2) is 6.54 Å². The van der Waals surface area contributed by atoms with Crippen molar-refractivity contribution in [2.75, 3.05) is 0 Å². The Balaban J connectivity index is 0.000000868. The van der Waals surface area contributed by atoms with Crippen molar-refractivity contribution >= 4 is 12.6 Å². The highest BCUT2D eigenvalue weighted by Gasteiger charge is 2.23. The third kappa shape index (κ3) is 5.53. The van der Waals surface area contributed by atoms with Crippen LogP contribution in [0.1, 0.15) is 5.56 Å². The molecule has 0 saturated heterocycles. The van der Waals surface area contributed by atoms with Gasteiger partial charge in [-0.3, -0.25) is 4.98 Å². The third-order valence-corrected chi connectivity index (χ3v) is 5.50. The zero-order valence-corrected chi connectivity index (χ0v) is 19.4. The number of hydrogen-bond donors (Lipinski definition) is 0. The molecular weight excluding hydrogens is 434 g/mol. The van der Waals surface area contributed by atoms with Gasteiger partial charge in [-0.05, 0) is 47.5 Å². The Hall–Kier alpha value is -4.33. The van der Waals surface area contributed by atoms with Crippen LogP contribution in [-0.2, 0) is 19.2 Å². The summed E-state index contributed by atoms with van der Waals surface area (Å²) in [7, 11) is 0. The molecule has 0 spiro atoms. The van der Waals surface area contributed by atoms with E-state index in [-0.39, 0.29) is 0 Å². The van der Waals surface area contributed by atoms with Gasteiger partial charge < -0.3 is 12.6 Å². The Morgan fingerprint density at radius 1 is 0.618 bits per heavy atom.